The fraction of sp³-hybridized carbons (Fsp3) is 0.730. The molecule has 6 amide bonds. The number of carboxylic acid groups (broad SMARTS) is 2. The number of rotatable bonds is 24. The molecule has 6 atom stereocenters. The van der Waals surface area contributed by atoms with E-state index < -0.39 is 126 Å². The smallest absolute Gasteiger partial charge is 0.304 e. The van der Waals surface area contributed by atoms with E-state index in [9.17, 15) is 53.1 Å². The average Bonchev–Trinajstić information content (AvgIpc) is 3.11. The van der Waals surface area contributed by atoms with Gasteiger partial charge >= 0.3 is 11.9 Å². The molecule has 56 heavy (non-hydrogen) atoms. The van der Waals surface area contributed by atoms with E-state index >= 15 is 0 Å². The first-order valence-corrected chi connectivity index (χ1v) is 18.9. The Balaban J connectivity index is 3.19. The highest BCUT2D eigenvalue weighted by atomic mass is 16.5. The van der Waals surface area contributed by atoms with Gasteiger partial charge in [0.05, 0.1) is 37.6 Å². The molecule has 316 valence electrons. The Morgan fingerprint density at radius 3 is 1.62 bits per heavy atom. The maximum absolute atomic E-state index is 13.7. The van der Waals surface area contributed by atoms with Crippen LogP contribution in [0.3, 0.4) is 0 Å². The number of hydrogen-bond acceptors (Lipinski definition) is 11. The molecular weight excluding hydrogens is 736 g/mol. The third kappa shape index (κ3) is 16.8. The molecule has 1 aliphatic rings. The second kappa shape index (κ2) is 23.9. The van der Waals surface area contributed by atoms with Crippen molar-refractivity contribution in [1.82, 2.24) is 31.5 Å². The van der Waals surface area contributed by atoms with Crippen molar-refractivity contribution >= 4 is 58.9 Å². The molecule has 0 saturated carbocycles. The molecule has 19 heteroatoms. The third-order valence-corrected chi connectivity index (χ3v) is 9.04. The standard InChI is InChI=1S/C37H60N6O13/c1-9-24(32(50)37(55)43-12-14-56-15-13-43)39-34(52)26(16-19(2)3)40-35(53)30(20(4)5)42-36(54)31(21(6)7)41-33(51)23(18-29(48)49)17-27(45)25(38-22(8)44)10-11-28(46)47/h19-21,23-26,30-31H,9-18H2,1-8H3,(H,38,44)(H,39,52)(H,40,53)(H,41,51)(H,42,54)(H,46,47)(H,48,49)/t23-,24-,25-,26-,30-,31-/m0/s1. The van der Waals surface area contributed by atoms with E-state index in [1.807, 2.05) is 13.8 Å². The van der Waals surface area contributed by atoms with Crippen molar-refractivity contribution in [3.05, 3.63) is 0 Å². The molecule has 1 saturated heterocycles. The fourth-order valence-corrected chi connectivity index (χ4v) is 5.93. The number of nitrogens with zero attached hydrogens (tertiary/aromatic N) is 1. The molecule has 0 aliphatic carbocycles. The van der Waals surface area contributed by atoms with Crippen molar-refractivity contribution in [1.29, 1.82) is 0 Å². The lowest BCUT2D eigenvalue weighted by Gasteiger charge is -2.30. The lowest BCUT2D eigenvalue weighted by Crippen LogP contribution is -2.60. The van der Waals surface area contributed by atoms with Crippen molar-refractivity contribution < 1.29 is 62.9 Å². The normalized spacial score (nSPS) is 16.1. The summed E-state index contributed by atoms with van der Waals surface area (Å²) in [5.74, 6) is -11.6. The second-order valence-corrected chi connectivity index (χ2v) is 15.0. The maximum atomic E-state index is 13.7. The highest BCUT2D eigenvalue weighted by Gasteiger charge is 2.37. The first kappa shape index (κ1) is 49.1. The molecule has 7 N–H and O–H groups in total. The van der Waals surface area contributed by atoms with Gasteiger partial charge in [0, 0.05) is 32.9 Å². The predicted octanol–water partition coefficient (Wildman–Crippen LogP) is -0.459. The summed E-state index contributed by atoms with van der Waals surface area (Å²) in [6, 6.07) is -6.17. The molecule has 0 bridgehead atoms. The summed E-state index contributed by atoms with van der Waals surface area (Å²) in [6.45, 7) is 13.9. The van der Waals surface area contributed by atoms with Gasteiger partial charge < -0.3 is 46.4 Å². The summed E-state index contributed by atoms with van der Waals surface area (Å²) in [6.07, 6.45) is -2.03. The number of aliphatic carboxylic acids is 2. The van der Waals surface area contributed by atoms with E-state index in [1.165, 1.54) is 4.90 Å². The summed E-state index contributed by atoms with van der Waals surface area (Å²) in [7, 11) is 0. The summed E-state index contributed by atoms with van der Waals surface area (Å²) in [5.41, 5.74) is 0. The number of carboxylic acids is 2. The first-order valence-electron chi connectivity index (χ1n) is 18.9. The zero-order valence-electron chi connectivity index (χ0n) is 33.6. The van der Waals surface area contributed by atoms with Gasteiger partial charge in [0.25, 0.3) is 5.91 Å². The molecule has 1 rings (SSSR count). The molecule has 0 radical (unpaired) electrons. The molecule has 19 nitrogen and oxygen atoms in total. The van der Waals surface area contributed by atoms with E-state index in [2.05, 4.69) is 26.6 Å². The lowest BCUT2D eigenvalue weighted by molar-refractivity contribution is -0.149. The number of amides is 6. The molecule has 1 heterocycles. The summed E-state index contributed by atoms with van der Waals surface area (Å²) >= 11 is 0. The summed E-state index contributed by atoms with van der Waals surface area (Å²) in [5, 5.41) is 31.2. The van der Waals surface area contributed by atoms with Crippen LogP contribution in [0.1, 0.15) is 93.9 Å². The van der Waals surface area contributed by atoms with Gasteiger partial charge in [-0.3, -0.25) is 47.9 Å². The van der Waals surface area contributed by atoms with Crippen molar-refractivity contribution in [2.24, 2.45) is 23.7 Å². The Labute approximate surface area is 327 Å². The number of nitrogens with one attached hydrogen (secondary N) is 5. The van der Waals surface area contributed by atoms with Gasteiger partial charge in [-0.2, -0.15) is 0 Å². The number of morpholine rings is 1. The molecule has 1 fully saturated rings. The minimum atomic E-state index is -1.50. The van der Waals surface area contributed by atoms with Crippen LogP contribution in [0.4, 0.5) is 0 Å². The van der Waals surface area contributed by atoms with Crippen LogP contribution < -0.4 is 26.6 Å². The number of carbonyl (C=O) groups is 10. The van der Waals surface area contributed by atoms with Gasteiger partial charge in [-0.1, -0.05) is 48.5 Å². The number of Topliss-reactive ketones (excluding diaryl/α,β-unsaturated/α-hetero) is 2. The highest BCUT2D eigenvalue weighted by molar-refractivity contribution is 6.38. The van der Waals surface area contributed by atoms with E-state index in [0.717, 1.165) is 6.92 Å². The fourth-order valence-electron chi connectivity index (χ4n) is 5.93. The van der Waals surface area contributed by atoms with E-state index in [4.69, 9.17) is 9.84 Å². The average molecular weight is 797 g/mol. The zero-order chi connectivity index (χ0) is 42.9. The van der Waals surface area contributed by atoms with Gasteiger partial charge in [0.2, 0.25) is 35.3 Å². The molecule has 0 aromatic heterocycles. The van der Waals surface area contributed by atoms with Crippen molar-refractivity contribution in [3.8, 4) is 0 Å². The molecule has 1 aliphatic heterocycles. The van der Waals surface area contributed by atoms with Crippen LogP contribution in [0.2, 0.25) is 0 Å². The largest absolute Gasteiger partial charge is 0.481 e. The van der Waals surface area contributed by atoms with Gasteiger partial charge in [-0.15, -0.1) is 0 Å². The zero-order valence-corrected chi connectivity index (χ0v) is 33.6. The monoisotopic (exact) mass is 796 g/mol. The van der Waals surface area contributed by atoms with Gasteiger partial charge in [-0.05, 0) is 37.0 Å². The minimum absolute atomic E-state index is 0.109. The van der Waals surface area contributed by atoms with Crippen LogP contribution in [0.25, 0.3) is 0 Å². The maximum Gasteiger partial charge on any atom is 0.304 e. The Morgan fingerprint density at radius 2 is 1.16 bits per heavy atom. The van der Waals surface area contributed by atoms with Crippen molar-refractivity contribution in [2.75, 3.05) is 26.3 Å². The molecule has 0 aromatic rings. The number of ether oxygens (including phenoxy) is 1. The van der Waals surface area contributed by atoms with Crippen LogP contribution in [0, 0.1) is 23.7 Å². The van der Waals surface area contributed by atoms with Crippen LogP contribution >= 0.6 is 0 Å². The van der Waals surface area contributed by atoms with Crippen molar-refractivity contribution in [3.63, 3.8) is 0 Å². The van der Waals surface area contributed by atoms with Crippen molar-refractivity contribution in [2.45, 2.75) is 124 Å². The number of carbonyl (C=O) groups excluding carboxylic acids is 8. The van der Waals surface area contributed by atoms with Gasteiger partial charge in [-0.25, -0.2) is 0 Å². The van der Waals surface area contributed by atoms with Crippen LogP contribution in [0.5, 0.6) is 0 Å². The van der Waals surface area contributed by atoms with Gasteiger partial charge in [0.15, 0.2) is 5.78 Å². The van der Waals surface area contributed by atoms with Crippen LogP contribution in [0.15, 0.2) is 0 Å². The Hall–Kier alpha value is -4.94. The minimum Gasteiger partial charge on any atom is -0.481 e. The third-order valence-electron chi connectivity index (χ3n) is 9.04. The highest BCUT2D eigenvalue weighted by Crippen LogP contribution is 2.16. The molecule has 0 aromatic carbocycles. The number of hydrogen-bond donors (Lipinski definition) is 7. The van der Waals surface area contributed by atoms with Crippen LogP contribution in [-0.2, 0) is 52.7 Å². The quantitative estimate of drug-likeness (QED) is 0.0610. The second-order valence-electron chi connectivity index (χ2n) is 15.0. The SMILES string of the molecule is CC[C@H](NC(=O)[C@H](CC(C)C)NC(=O)[C@@H](NC(=O)[C@@H](NC(=O)[C@H](CC(=O)O)CC(=O)[C@H](CCC(=O)O)NC(C)=O)C(C)C)C(C)C)C(=O)C(=O)N1CCOCC1. The molecule has 0 spiro atoms. The lowest BCUT2D eigenvalue weighted by atomic mass is 9.92. The molecule has 0 unspecified atom stereocenters. The van der Waals surface area contributed by atoms with E-state index in [0.29, 0.717) is 0 Å². The Bertz CT molecular complexity index is 1440. The Kier molecular flexibility index (Phi) is 20.9. The predicted molar refractivity (Wildman–Crippen MR) is 199 cm³/mol. The first-order chi connectivity index (χ1) is 26.1. The topological polar surface area (TPSA) is 284 Å². The van der Waals surface area contributed by atoms with Crippen LogP contribution in [-0.4, -0.2) is 131 Å². The van der Waals surface area contributed by atoms with E-state index in [1.54, 1.807) is 34.6 Å². The van der Waals surface area contributed by atoms with Gasteiger partial charge in [0.1, 0.15) is 18.1 Å². The Morgan fingerprint density at radius 1 is 0.643 bits per heavy atom. The van der Waals surface area contributed by atoms with E-state index in [-0.39, 0.29) is 51.5 Å². The summed E-state index contributed by atoms with van der Waals surface area (Å²) in [4.78, 5) is 129. The summed E-state index contributed by atoms with van der Waals surface area (Å²) < 4.78 is 5.24. The molecular formula is C37H60N6O13. The number of ketones is 2.